The first-order chi connectivity index (χ1) is 13.0. The lowest BCUT2D eigenvalue weighted by Gasteiger charge is -2.41. The Kier molecular flexibility index (Phi) is 4.68. The van der Waals surface area contributed by atoms with E-state index >= 15 is 0 Å². The molecule has 1 saturated carbocycles. The molecule has 3 atom stereocenters. The fraction of sp³-hybridized carbons (Fsp3) is 0.435. The van der Waals surface area contributed by atoms with Crippen LogP contribution in [0.15, 0.2) is 54.6 Å². The molecule has 4 nitrogen and oxygen atoms in total. The summed E-state index contributed by atoms with van der Waals surface area (Å²) in [5.74, 6) is 0.545. The molecule has 27 heavy (non-hydrogen) atoms. The molecule has 2 aromatic carbocycles. The van der Waals surface area contributed by atoms with Crippen molar-refractivity contribution < 1.29 is 9.90 Å². The Morgan fingerprint density at radius 3 is 2.63 bits per heavy atom. The normalized spacial score (nSPS) is 27.3. The van der Waals surface area contributed by atoms with E-state index in [-0.39, 0.29) is 11.8 Å². The van der Waals surface area contributed by atoms with Crippen LogP contribution in [0.4, 0.5) is 5.69 Å². The molecular weight excluding hydrogens is 336 g/mol. The fourth-order valence-electron chi connectivity index (χ4n) is 4.87. The van der Waals surface area contributed by atoms with Crippen LogP contribution in [0.2, 0.25) is 0 Å². The van der Waals surface area contributed by atoms with Gasteiger partial charge in [-0.25, -0.2) is 0 Å². The number of nitrogens with zero attached hydrogens (tertiary/aromatic N) is 2. The van der Waals surface area contributed by atoms with Crippen LogP contribution in [-0.2, 0) is 5.60 Å². The summed E-state index contributed by atoms with van der Waals surface area (Å²) in [6.07, 6.45) is 2.86. The topological polar surface area (TPSA) is 43.8 Å². The minimum atomic E-state index is -0.829. The van der Waals surface area contributed by atoms with Crippen molar-refractivity contribution in [2.24, 2.45) is 11.8 Å². The second kappa shape index (κ2) is 7.01. The lowest BCUT2D eigenvalue weighted by Crippen LogP contribution is -2.42. The lowest BCUT2D eigenvalue weighted by molar-refractivity contribution is -0.0644. The van der Waals surface area contributed by atoms with Gasteiger partial charge in [0.15, 0.2) is 0 Å². The first-order valence-corrected chi connectivity index (χ1v) is 9.83. The SMILES string of the molecule is CN(C)c1cccc(C(=O)N2C[C@@H]3CCC[C@@](O)(c4ccccc4)[C@@H]3C2)c1. The summed E-state index contributed by atoms with van der Waals surface area (Å²) in [5, 5.41) is 11.6. The van der Waals surface area contributed by atoms with Crippen molar-refractivity contribution in [3.63, 3.8) is 0 Å². The minimum Gasteiger partial charge on any atom is -0.385 e. The van der Waals surface area contributed by atoms with Crippen LogP contribution in [0.5, 0.6) is 0 Å². The van der Waals surface area contributed by atoms with Crippen LogP contribution >= 0.6 is 0 Å². The van der Waals surface area contributed by atoms with Crippen LogP contribution in [-0.4, -0.2) is 43.1 Å². The molecule has 1 saturated heterocycles. The van der Waals surface area contributed by atoms with Crippen molar-refractivity contribution in [2.75, 3.05) is 32.1 Å². The highest BCUT2D eigenvalue weighted by Crippen LogP contribution is 2.48. The number of likely N-dealkylation sites (tertiary alicyclic amines) is 1. The van der Waals surface area contributed by atoms with E-state index in [4.69, 9.17) is 0 Å². The zero-order valence-corrected chi connectivity index (χ0v) is 16.1. The highest BCUT2D eigenvalue weighted by atomic mass is 16.3. The van der Waals surface area contributed by atoms with Gasteiger partial charge in [-0.3, -0.25) is 4.79 Å². The van der Waals surface area contributed by atoms with Crippen molar-refractivity contribution in [1.82, 2.24) is 4.90 Å². The van der Waals surface area contributed by atoms with Crippen LogP contribution in [0, 0.1) is 11.8 Å². The number of anilines is 1. The van der Waals surface area contributed by atoms with Crippen molar-refractivity contribution >= 4 is 11.6 Å². The Bertz CT molecular complexity index is 820. The van der Waals surface area contributed by atoms with Gasteiger partial charge in [0.1, 0.15) is 0 Å². The highest BCUT2D eigenvalue weighted by Gasteiger charge is 2.50. The second-order valence-electron chi connectivity index (χ2n) is 8.20. The number of carbonyl (C=O) groups excluding carboxylic acids is 1. The lowest BCUT2D eigenvalue weighted by atomic mass is 9.67. The van der Waals surface area contributed by atoms with Gasteiger partial charge in [-0.1, -0.05) is 36.4 Å². The molecule has 0 unspecified atom stereocenters. The molecule has 1 heterocycles. The van der Waals surface area contributed by atoms with Crippen molar-refractivity contribution in [3.05, 3.63) is 65.7 Å². The van der Waals surface area contributed by atoms with Gasteiger partial charge >= 0.3 is 0 Å². The molecule has 2 aromatic rings. The number of aliphatic hydroxyl groups is 1. The Morgan fingerprint density at radius 1 is 1.11 bits per heavy atom. The van der Waals surface area contributed by atoms with E-state index in [1.54, 1.807) is 0 Å². The predicted octanol–water partition coefficient (Wildman–Crippen LogP) is 3.51. The van der Waals surface area contributed by atoms with Gasteiger partial charge in [0.25, 0.3) is 5.91 Å². The third-order valence-corrected chi connectivity index (χ3v) is 6.36. The number of amides is 1. The molecule has 0 bridgehead atoms. The van der Waals surface area contributed by atoms with Crippen LogP contribution in [0.25, 0.3) is 0 Å². The summed E-state index contributed by atoms with van der Waals surface area (Å²) >= 11 is 0. The van der Waals surface area contributed by atoms with Gasteiger partial charge in [0, 0.05) is 44.4 Å². The standard InChI is InChI=1S/C23H28N2O2/c1-24(2)20-12-6-8-17(14-20)22(26)25-15-18-9-7-13-23(27,21(18)16-25)19-10-4-3-5-11-19/h3-6,8,10-12,14,18,21,27H,7,9,13,15-16H2,1-2H3/t18-,21+,23+/m0/s1. The Balaban J connectivity index is 1.58. The summed E-state index contributed by atoms with van der Waals surface area (Å²) in [4.78, 5) is 17.1. The molecule has 2 aliphatic rings. The van der Waals surface area contributed by atoms with E-state index in [0.29, 0.717) is 12.5 Å². The van der Waals surface area contributed by atoms with Crippen molar-refractivity contribution in [2.45, 2.75) is 24.9 Å². The predicted molar refractivity (Wildman–Crippen MR) is 108 cm³/mol. The summed E-state index contributed by atoms with van der Waals surface area (Å²) < 4.78 is 0. The number of benzene rings is 2. The Hall–Kier alpha value is -2.33. The maximum absolute atomic E-state index is 13.1. The third kappa shape index (κ3) is 3.23. The van der Waals surface area contributed by atoms with Gasteiger partial charge < -0.3 is 14.9 Å². The number of fused-ring (bicyclic) bond motifs is 1. The fourth-order valence-corrected chi connectivity index (χ4v) is 4.87. The van der Waals surface area contributed by atoms with E-state index < -0.39 is 5.60 Å². The molecule has 4 rings (SSSR count). The number of rotatable bonds is 3. The van der Waals surface area contributed by atoms with Gasteiger partial charge in [-0.15, -0.1) is 0 Å². The zero-order chi connectivity index (χ0) is 19.0. The van der Waals surface area contributed by atoms with E-state index in [2.05, 4.69) is 0 Å². The zero-order valence-electron chi connectivity index (χ0n) is 16.1. The monoisotopic (exact) mass is 364 g/mol. The molecule has 142 valence electrons. The minimum absolute atomic E-state index is 0.0727. The summed E-state index contributed by atoms with van der Waals surface area (Å²) in [5.41, 5.74) is 1.91. The summed E-state index contributed by atoms with van der Waals surface area (Å²) in [7, 11) is 3.96. The molecule has 1 amide bonds. The third-order valence-electron chi connectivity index (χ3n) is 6.36. The molecule has 1 N–H and O–H groups in total. The van der Waals surface area contributed by atoms with Gasteiger partial charge in [-0.2, -0.15) is 0 Å². The first-order valence-electron chi connectivity index (χ1n) is 9.83. The molecule has 0 radical (unpaired) electrons. The molecule has 2 fully saturated rings. The maximum Gasteiger partial charge on any atom is 0.253 e. The second-order valence-corrected chi connectivity index (χ2v) is 8.20. The molecule has 0 aromatic heterocycles. The molecular formula is C23H28N2O2. The molecule has 4 heteroatoms. The molecule has 1 aliphatic carbocycles. The first kappa shape index (κ1) is 18.1. The number of hydrogen-bond donors (Lipinski definition) is 1. The average molecular weight is 364 g/mol. The van der Waals surface area contributed by atoms with Gasteiger partial charge in [0.2, 0.25) is 0 Å². The van der Waals surface area contributed by atoms with Gasteiger partial charge in [-0.05, 0) is 48.9 Å². The maximum atomic E-state index is 13.1. The van der Waals surface area contributed by atoms with Crippen LogP contribution in [0.3, 0.4) is 0 Å². The largest absolute Gasteiger partial charge is 0.385 e. The number of carbonyl (C=O) groups is 1. The average Bonchev–Trinajstić information content (AvgIpc) is 3.14. The molecule has 0 spiro atoms. The van der Waals surface area contributed by atoms with Crippen molar-refractivity contribution in [3.8, 4) is 0 Å². The van der Waals surface area contributed by atoms with Crippen molar-refractivity contribution in [1.29, 1.82) is 0 Å². The Labute approximate surface area is 161 Å². The van der Waals surface area contributed by atoms with E-state index in [0.717, 1.165) is 42.6 Å². The number of hydrogen-bond acceptors (Lipinski definition) is 3. The Morgan fingerprint density at radius 2 is 1.89 bits per heavy atom. The van der Waals surface area contributed by atoms with Crippen LogP contribution < -0.4 is 4.90 Å². The van der Waals surface area contributed by atoms with Crippen LogP contribution in [0.1, 0.15) is 35.2 Å². The van der Waals surface area contributed by atoms with Gasteiger partial charge in [0.05, 0.1) is 5.60 Å². The van der Waals surface area contributed by atoms with E-state index in [1.807, 2.05) is 78.5 Å². The smallest absolute Gasteiger partial charge is 0.253 e. The summed E-state index contributed by atoms with van der Waals surface area (Å²) in [6.45, 7) is 1.37. The molecule has 1 aliphatic heterocycles. The van der Waals surface area contributed by atoms with E-state index in [1.165, 1.54) is 0 Å². The quantitative estimate of drug-likeness (QED) is 0.906. The highest BCUT2D eigenvalue weighted by molar-refractivity contribution is 5.95. The summed E-state index contributed by atoms with van der Waals surface area (Å²) in [6, 6.07) is 17.8. The van der Waals surface area contributed by atoms with E-state index in [9.17, 15) is 9.90 Å².